The van der Waals surface area contributed by atoms with Crippen molar-refractivity contribution in [2.24, 2.45) is 0 Å². The van der Waals surface area contributed by atoms with Crippen molar-refractivity contribution in [1.82, 2.24) is 21.3 Å². The first-order chi connectivity index (χ1) is 23.7. The molecule has 0 spiro atoms. The molecule has 0 saturated carbocycles. The van der Waals surface area contributed by atoms with Gasteiger partial charge >= 0.3 is 12.1 Å². The van der Waals surface area contributed by atoms with Crippen LogP contribution in [0.15, 0.2) is 73.8 Å². The molecule has 0 unspecified atom stereocenters. The van der Waals surface area contributed by atoms with E-state index in [1.165, 1.54) is 6.92 Å². The van der Waals surface area contributed by atoms with E-state index < -0.39 is 53.5 Å². The number of alkyl carbamates (subject to hydrolysis) is 1. The zero-order valence-electron chi connectivity index (χ0n) is 29.3. The number of carbonyl (C=O) groups excluding carboxylic acids is 4. The number of nitrogens with one attached hydrogen (secondary N) is 4. The number of carbonyl (C=O) groups is 5. The van der Waals surface area contributed by atoms with Crippen LogP contribution in [0.1, 0.15) is 58.1 Å². The summed E-state index contributed by atoms with van der Waals surface area (Å²) < 4.78 is 16.2. The first kappa shape index (κ1) is 40.8. The maximum Gasteiger partial charge on any atom is 0.407 e. The normalized spacial score (nSPS) is 12.6. The van der Waals surface area contributed by atoms with Crippen LogP contribution in [0.2, 0.25) is 0 Å². The molecule has 0 aromatic heterocycles. The summed E-state index contributed by atoms with van der Waals surface area (Å²) in [4.78, 5) is 63.5. The lowest BCUT2D eigenvalue weighted by atomic mass is 10.0. The van der Waals surface area contributed by atoms with Gasteiger partial charge in [-0.25, -0.2) is 9.59 Å². The Balaban J connectivity index is 2.19. The second kappa shape index (κ2) is 20.9. The first-order valence-electron chi connectivity index (χ1n) is 16.4. The molecule has 0 heterocycles. The van der Waals surface area contributed by atoms with Crippen LogP contribution in [0.5, 0.6) is 11.5 Å². The molecule has 5 N–H and O–H groups in total. The van der Waals surface area contributed by atoms with Crippen LogP contribution in [-0.2, 0) is 36.8 Å². The minimum Gasteiger partial charge on any atom is -0.490 e. The molecule has 0 saturated heterocycles. The number of benzene rings is 2. The van der Waals surface area contributed by atoms with Crippen molar-refractivity contribution >= 4 is 29.8 Å². The van der Waals surface area contributed by atoms with Crippen molar-refractivity contribution in [3.63, 3.8) is 0 Å². The predicted molar refractivity (Wildman–Crippen MR) is 189 cm³/mol. The Hall–Kier alpha value is -5.33. The van der Waals surface area contributed by atoms with E-state index in [9.17, 15) is 29.1 Å². The van der Waals surface area contributed by atoms with Gasteiger partial charge in [-0.3, -0.25) is 14.4 Å². The lowest BCUT2D eigenvalue weighted by molar-refractivity contribution is -0.142. The summed E-state index contributed by atoms with van der Waals surface area (Å²) in [6.07, 6.45) is 3.68. The fourth-order valence-corrected chi connectivity index (χ4v) is 4.67. The van der Waals surface area contributed by atoms with Crippen molar-refractivity contribution < 1.29 is 43.3 Å². The number of ether oxygens (including phenoxy) is 3. The number of amides is 4. The number of hydrogen-bond donors (Lipinski definition) is 5. The molecule has 2 rings (SSSR count). The third-order valence-corrected chi connectivity index (χ3v) is 6.99. The van der Waals surface area contributed by atoms with E-state index in [2.05, 4.69) is 34.4 Å². The Morgan fingerprint density at radius 1 is 0.740 bits per heavy atom. The standard InChI is InChI=1S/C37H50N4O9/c1-7-21-48-28-16-12-26(13-17-28)23-31(39-25(3)42)34(44)40-30(11-9-10-20-38-36(47)50-37(4,5)6)33(43)41-32(35(45)46)24-27-14-18-29(19-15-27)49-22-8-2/h7-8,12-19,30-32H,1-2,9-11,20-24H2,3-6H3,(H,38,47)(H,39,42)(H,40,44)(H,41,43)(H,45,46)/t30-,31+,32+/m1/s1. The van der Waals surface area contributed by atoms with Crippen molar-refractivity contribution in [2.45, 2.75) is 83.5 Å². The molecule has 13 nitrogen and oxygen atoms in total. The molecule has 4 amide bonds. The van der Waals surface area contributed by atoms with Crippen LogP contribution in [0.25, 0.3) is 0 Å². The summed E-state index contributed by atoms with van der Waals surface area (Å²) in [6.45, 7) is 14.7. The lowest BCUT2D eigenvalue weighted by Crippen LogP contribution is -2.56. The number of aliphatic carboxylic acids is 1. The average molecular weight is 695 g/mol. The Kier molecular flexibility index (Phi) is 17.1. The zero-order valence-corrected chi connectivity index (χ0v) is 29.3. The maximum atomic E-state index is 13.6. The third-order valence-electron chi connectivity index (χ3n) is 6.99. The summed E-state index contributed by atoms with van der Waals surface area (Å²) in [5.74, 6) is -1.84. The summed E-state index contributed by atoms with van der Waals surface area (Å²) in [7, 11) is 0. The molecule has 272 valence electrons. The molecular weight excluding hydrogens is 644 g/mol. The van der Waals surface area contributed by atoms with Gasteiger partial charge in [0, 0.05) is 26.3 Å². The van der Waals surface area contributed by atoms with Crippen molar-refractivity contribution in [1.29, 1.82) is 0 Å². The van der Waals surface area contributed by atoms with Crippen LogP contribution >= 0.6 is 0 Å². The monoisotopic (exact) mass is 694 g/mol. The van der Waals surface area contributed by atoms with Gasteiger partial charge < -0.3 is 40.6 Å². The molecule has 50 heavy (non-hydrogen) atoms. The highest BCUT2D eigenvalue weighted by Gasteiger charge is 2.29. The molecule has 2 aromatic rings. The maximum absolute atomic E-state index is 13.6. The Labute approximate surface area is 293 Å². The van der Waals surface area contributed by atoms with Gasteiger partial charge in [-0.1, -0.05) is 49.6 Å². The molecule has 0 fully saturated rings. The summed E-state index contributed by atoms with van der Waals surface area (Å²) in [5.41, 5.74) is 0.709. The Morgan fingerprint density at radius 3 is 1.68 bits per heavy atom. The number of carboxylic acids is 1. The van der Waals surface area contributed by atoms with E-state index in [0.717, 1.165) is 5.56 Å². The van der Waals surface area contributed by atoms with Gasteiger partial charge in [-0.05, 0) is 75.4 Å². The van der Waals surface area contributed by atoms with Crippen LogP contribution in [0.3, 0.4) is 0 Å². The number of unbranched alkanes of at least 4 members (excludes halogenated alkanes) is 1. The topological polar surface area (TPSA) is 181 Å². The second-order valence-electron chi connectivity index (χ2n) is 12.5. The van der Waals surface area contributed by atoms with E-state index in [1.807, 2.05) is 0 Å². The molecule has 0 aliphatic heterocycles. The Bertz CT molecular complexity index is 1440. The van der Waals surface area contributed by atoms with Gasteiger partial charge in [0.15, 0.2) is 0 Å². The Morgan fingerprint density at radius 2 is 1.22 bits per heavy atom. The van der Waals surface area contributed by atoms with Gasteiger partial charge in [0.25, 0.3) is 0 Å². The smallest absolute Gasteiger partial charge is 0.407 e. The summed E-state index contributed by atoms with van der Waals surface area (Å²) in [6, 6.07) is 10.3. The first-order valence-corrected chi connectivity index (χ1v) is 16.4. The summed E-state index contributed by atoms with van der Waals surface area (Å²) >= 11 is 0. The highest BCUT2D eigenvalue weighted by atomic mass is 16.6. The van der Waals surface area contributed by atoms with Gasteiger partial charge in [-0.2, -0.15) is 0 Å². The minimum absolute atomic E-state index is 0.0235. The van der Waals surface area contributed by atoms with Crippen molar-refractivity contribution in [3.05, 3.63) is 85.0 Å². The van der Waals surface area contributed by atoms with Crippen LogP contribution in [0.4, 0.5) is 4.79 Å². The largest absolute Gasteiger partial charge is 0.490 e. The molecule has 2 aromatic carbocycles. The van der Waals surface area contributed by atoms with Gasteiger partial charge in [-0.15, -0.1) is 0 Å². The number of rotatable bonds is 21. The predicted octanol–water partition coefficient (Wildman–Crippen LogP) is 3.86. The molecule has 3 atom stereocenters. The second-order valence-corrected chi connectivity index (χ2v) is 12.5. The van der Waals surface area contributed by atoms with E-state index in [4.69, 9.17) is 14.2 Å². The summed E-state index contributed by atoms with van der Waals surface area (Å²) in [5, 5.41) is 20.5. The highest BCUT2D eigenvalue weighted by molar-refractivity contribution is 5.93. The van der Waals surface area contributed by atoms with Crippen LogP contribution in [0, 0.1) is 0 Å². The van der Waals surface area contributed by atoms with E-state index in [-0.39, 0.29) is 25.8 Å². The molecule has 13 heteroatoms. The highest BCUT2D eigenvalue weighted by Crippen LogP contribution is 2.16. The average Bonchev–Trinajstić information content (AvgIpc) is 3.05. The lowest BCUT2D eigenvalue weighted by Gasteiger charge is -2.25. The zero-order chi connectivity index (χ0) is 37.1. The van der Waals surface area contributed by atoms with Crippen molar-refractivity contribution in [3.8, 4) is 11.5 Å². The quantitative estimate of drug-likeness (QED) is 0.0958. The van der Waals surface area contributed by atoms with Gasteiger partial charge in [0.05, 0.1) is 0 Å². The molecule has 0 aliphatic rings. The molecule has 0 bridgehead atoms. The third kappa shape index (κ3) is 16.2. The van der Waals surface area contributed by atoms with Gasteiger partial charge in [0.1, 0.15) is 48.4 Å². The van der Waals surface area contributed by atoms with E-state index >= 15 is 0 Å². The fraction of sp³-hybridized carbons (Fsp3) is 0.432. The molecule has 0 aliphatic carbocycles. The van der Waals surface area contributed by atoms with Gasteiger partial charge in [0.2, 0.25) is 17.7 Å². The molecule has 0 radical (unpaired) electrons. The molecular formula is C37H50N4O9. The van der Waals surface area contributed by atoms with Crippen LogP contribution < -0.4 is 30.7 Å². The number of carboxylic acid groups (broad SMARTS) is 1. The van der Waals surface area contributed by atoms with E-state index in [1.54, 1.807) is 81.5 Å². The minimum atomic E-state index is -1.30. The van der Waals surface area contributed by atoms with E-state index in [0.29, 0.717) is 43.1 Å². The van der Waals surface area contributed by atoms with Crippen LogP contribution in [-0.4, -0.2) is 78.4 Å². The SMILES string of the molecule is C=CCOc1ccc(C[C@H](NC(=O)[C@@H](CCCCNC(=O)OC(C)(C)C)NC(=O)[C@H](Cc2ccc(OCC=C)cc2)NC(C)=O)C(=O)O)cc1. The fourth-order valence-electron chi connectivity index (χ4n) is 4.67. The number of hydrogen-bond acceptors (Lipinski definition) is 8. The van der Waals surface area contributed by atoms with Crippen molar-refractivity contribution in [2.75, 3.05) is 19.8 Å².